The van der Waals surface area contributed by atoms with Crippen molar-refractivity contribution in [2.75, 3.05) is 31.0 Å². The molecule has 8 nitrogen and oxygen atoms in total. The lowest BCUT2D eigenvalue weighted by molar-refractivity contribution is -0.114. The van der Waals surface area contributed by atoms with Crippen LogP contribution >= 0.6 is 11.3 Å². The molecule has 3 aromatic rings. The molecule has 0 saturated carbocycles. The van der Waals surface area contributed by atoms with Gasteiger partial charge in [0.15, 0.2) is 11.5 Å². The molecule has 1 aliphatic rings. The highest BCUT2D eigenvalue weighted by Crippen LogP contribution is 2.36. The summed E-state index contributed by atoms with van der Waals surface area (Å²) in [6.45, 7) is 1.63. The van der Waals surface area contributed by atoms with Gasteiger partial charge in [-0.2, -0.15) is 0 Å². The van der Waals surface area contributed by atoms with Crippen molar-refractivity contribution in [3.63, 3.8) is 0 Å². The van der Waals surface area contributed by atoms with Crippen molar-refractivity contribution < 1.29 is 19.4 Å². The summed E-state index contributed by atoms with van der Waals surface area (Å²) < 4.78 is 10.7. The number of ether oxygens (including phenoxy) is 2. The Labute approximate surface area is 189 Å². The van der Waals surface area contributed by atoms with E-state index in [4.69, 9.17) is 14.9 Å². The highest BCUT2D eigenvalue weighted by molar-refractivity contribution is 7.11. The molecule has 0 saturated heterocycles. The number of rotatable bonds is 6. The number of anilines is 2. The van der Waals surface area contributed by atoms with Gasteiger partial charge < -0.3 is 24.8 Å². The Bertz CT molecular complexity index is 1220. The third kappa shape index (κ3) is 4.02. The Kier molecular flexibility index (Phi) is 5.83. The smallest absolute Gasteiger partial charge is 0.221 e. The Hall–Kier alpha value is -3.85. The molecule has 164 valence electrons. The Balaban J connectivity index is 1.57. The highest BCUT2D eigenvalue weighted by atomic mass is 32.1. The fraction of sp³-hybridized carbons (Fsp3) is 0.174. The lowest BCUT2D eigenvalue weighted by Gasteiger charge is -2.19. The van der Waals surface area contributed by atoms with Gasteiger partial charge in [-0.3, -0.25) is 10.2 Å². The predicted molar refractivity (Wildman–Crippen MR) is 126 cm³/mol. The molecule has 0 unspecified atom stereocenters. The van der Waals surface area contributed by atoms with E-state index in [2.05, 4.69) is 10.3 Å². The first kappa shape index (κ1) is 21.4. The molecule has 32 heavy (non-hydrogen) atoms. The number of thiazole rings is 1. The predicted octanol–water partition coefficient (Wildman–Crippen LogP) is 4.55. The van der Waals surface area contributed by atoms with Crippen LogP contribution in [0.1, 0.15) is 11.9 Å². The van der Waals surface area contributed by atoms with Gasteiger partial charge in [0.25, 0.3) is 0 Å². The normalized spacial score (nSPS) is 13.5. The van der Waals surface area contributed by atoms with E-state index in [1.165, 1.54) is 18.3 Å². The molecule has 0 bridgehead atoms. The zero-order valence-electron chi connectivity index (χ0n) is 17.8. The number of amides is 1. The molecular formula is C23H22N4O4S. The number of aromatic nitrogens is 1. The number of nitrogens with one attached hydrogen (secondary N) is 2. The number of aliphatic hydroxyl groups excluding tert-OH is 1. The zero-order valence-corrected chi connectivity index (χ0v) is 18.6. The average Bonchev–Trinajstić information content (AvgIpc) is 3.37. The summed E-state index contributed by atoms with van der Waals surface area (Å²) >= 11 is 1.36. The molecule has 0 radical (unpaired) electrons. The molecule has 1 aromatic heterocycles. The van der Waals surface area contributed by atoms with Crippen LogP contribution < -0.4 is 19.7 Å². The van der Waals surface area contributed by atoms with Gasteiger partial charge in [0.2, 0.25) is 5.91 Å². The van der Waals surface area contributed by atoms with Gasteiger partial charge in [0, 0.05) is 29.2 Å². The van der Waals surface area contributed by atoms with Crippen LogP contribution in [0.3, 0.4) is 0 Å². The van der Waals surface area contributed by atoms with E-state index in [1.807, 2.05) is 23.6 Å². The first-order valence-electron chi connectivity index (χ1n) is 9.75. The van der Waals surface area contributed by atoms with Crippen molar-refractivity contribution in [3.8, 4) is 22.8 Å². The largest absolute Gasteiger partial charge is 0.510 e. The van der Waals surface area contributed by atoms with Crippen molar-refractivity contribution in [2.45, 2.75) is 6.92 Å². The summed E-state index contributed by atoms with van der Waals surface area (Å²) in [6, 6.07) is 12.7. The lowest BCUT2D eigenvalue weighted by Crippen LogP contribution is -2.26. The van der Waals surface area contributed by atoms with Crippen LogP contribution in [0.4, 0.5) is 11.4 Å². The second kappa shape index (κ2) is 8.72. The summed E-state index contributed by atoms with van der Waals surface area (Å²) in [5.41, 5.74) is 3.39. The number of amidine groups is 1. The summed E-state index contributed by atoms with van der Waals surface area (Å²) in [5, 5.41) is 24.4. The summed E-state index contributed by atoms with van der Waals surface area (Å²) in [6.07, 6.45) is 0. The Morgan fingerprint density at radius 3 is 2.53 bits per heavy atom. The van der Waals surface area contributed by atoms with Crippen LogP contribution in [-0.4, -0.2) is 42.6 Å². The third-order valence-electron chi connectivity index (χ3n) is 5.00. The first-order chi connectivity index (χ1) is 15.4. The molecule has 2 aromatic carbocycles. The standard InChI is InChI=1S/C23H22N4O4S/c1-13(28)25-15-5-7-16(8-6-15)27-11-18(29)21(22(27)24)23-26-17(12-32-23)14-4-9-19(30-2)20(10-14)31-3/h4-10,12,24,29H,11H2,1-3H3,(H,25,28). The van der Waals surface area contributed by atoms with E-state index in [9.17, 15) is 9.90 Å². The second-order valence-corrected chi connectivity index (χ2v) is 7.95. The van der Waals surface area contributed by atoms with E-state index in [-0.39, 0.29) is 24.0 Å². The molecule has 3 N–H and O–H groups in total. The monoisotopic (exact) mass is 450 g/mol. The van der Waals surface area contributed by atoms with Crippen LogP contribution in [0.15, 0.2) is 53.6 Å². The molecular weight excluding hydrogens is 428 g/mol. The molecule has 0 atom stereocenters. The highest BCUT2D eigenvalue weighted by Gasteiger charge is 2.31. The van der Waals surface area contributed by atoms with Gasteiger partial charge in [0.1, 0.15) is 16.6 Å². The van der Waals surface area contributed by atoms with Gasteiger partial charge in [-0.15, -0.1) is 11.3 Å². The molecule has 0 aliphatic carbocycles. The molecule has 4 rings (SSSR count). The number of hydrogen-bond donors (Lipinski definition) is 3. The minimum Gasteiger partial charge on any atom is -0.510 e. The number of carbonyl (C=O) groups is 1. The van der Waals surface area contributed by atoms with Crippen molar-refractivity contribution in [2.24, 2.45) is 0 Å². The van der Waals surface area contributed by atoms with Gasteiger partial charge in [-0.05, 0) is 42.5 Å². The fourth-order valence-electron chi connectivity index (χ4n) is 3.47. The van der Waals surface area contributed by atoms with Gasteiger partial charge in [-0.25, -0.2) is 4.98 Å². The van der Waals surface area contributed by atoms with Gasteiger partial charge >= 0.3 is 0 Å². The van der Waals surface area contributed by atoms with Gasteiger partial charge in [0.05, 0.1) is 32.0 Å². The quantitative estimate of drug-likeness (QED) is 0.508. The fourth-order valence-corrected chi connectivity index (χ4v) is 4.36. The minimum atomic E-state index is -0.151. The maximum absolute atomic E-state index is 11.2. The second-order valence-electron chi connectivity index (χ2n) is 7.09. The van der Waals surface area contributed by atoms with Crippen molar-refractivity contribution in [3.05, 3.63) is 58.6 Å². The molecule has 9 heteroatoms. The van der Waals surface area contributed by atoms with Crippen molar-refractivity contribution >= 4 is 40.0 Å². The molecule has 1 amide bonds. The van der Waals surface area contributed by atoms with Gasteiger partial charge in [-0.1, -0.05) is 0 Å². The van der Waals surface area contributed by atoms with E-state index >= 15 is 0 Å². The van der Waals surface area contributed by atoms with E-state index in [0.29, 0.717) is 27.8 Å². The maximum atomic E-state index is 11.2. The van der Waals surface area contributed by atoms with Crippen molar-refractivity contribution in [1.29, 1.82) is 5.41 Å². The SMILES string of the molecule is COc1ccc(-c2csc(C3=C(O)CN(c4ccc(NC(C)=O)cc4)C3=N)n2)cc1OC. The van der Waals surface area contributed by atoms with E-state index in [1.54, 1.807) is 43.4 Å². The topological polar surface area (TPSA) is 108 Å². The maximum Gasteiger partial charge on any atom is 0.221 e. The Morgan fingerprint density at radius 1 is 1.16 bits per heavy atom. The number of methoxy groups -OCH3 is 2. The number of nitrogens with zero attached hydrogens (tertiary/aromatic N) is 2. The third-order valence-corrected chi connectivity index (χ3v) is 5.86. The average molecular weight is 451 g/mol. The summed E-state index contributed by atoms with van der Waals surface area (Å²) in [4.78, 5) is 17.6. The zero-order chi connectivity index (χ0) is 22.8. The van der Waals surface area contributed by atoms with Crippen LogP contribution in [0.25, 0.3) is 16.8 Å². The van der Waals surface area contributed by atoms with E-state index < -0.39 is 0 Å². The molecule has 2 heterocycles. The molecule has 0 fully saturated rings. The molecule has 1 aliphatic heterocycles. The minimum absolute atomic E-state index is 0.0918. The van der Waals surface area contributed by atoms with Crippen LogP contribution in [0.5, 0.6) is 11.5 Å². The lowest BCUT2D eigenvalue weighted by atomic mass is 10.1. The van der Waals surface area contributed by atoms with Crippen LogP contribution in [0, 0.1) is 5.41 Å². The number of hydrogen-bond acceptors (Lipinski definition) is 7. The molecule has 0 spiro atoms. The Morgan fingerprint density at radius 2 is 1.88 bits per heavy atom. The summed E-state index contributed by atoms with van der Waals surface area (Å²) in [5.74, 6) is 1.34. The number of aliphatic hydroxyl groups is 1. The van der Waals surface area contributed by atoms with Crippen LogP contribution in [0.2, 0.25) is 0 Å². The van der Waals surface area contributed by atoms with Crippen LogP contribution in [-0.2, 0) is 4.79 Å². The van der Waals surface area contributed by atoms with E-state index in [0.717, 1.165) is 16.9 Å². The number of carbonyl (C=O) groups excluding carboxylic acids is 1. The summed E-state index contributed by atoms with van der Waals surface area (Å²) in [7, 11) is 3.16. The van der Waals surface area contributed by atoms with Crippen molar-refractivity contribution in [1.82, 2.24) is 4.98 Å². The number of benzene rings is 2. The first-order valence-corrected chi connectivity index (χ1v) is 10.6.